The van der Waals surface area contributed by atoms with Crippen LogP contribution in [0.5, 0.6) is 0 Å². The predicted molar refractivity (Wildman–Crippen MR) is 43.7 cm³/mol. The highest BCUT2D eigenvalue weighted by Crippen LogP contribution is 2.16. The van der Waals surface area contributed by atoms with Crippen molar-refractivity contribution in [3.63, 3.8) is 0 Å². The lowest BCUT2D eigenvalue weighted by atomic mass is 10.3. The van der Waals surface area contributed by atoms with E-state index in [1.165, 1.54) is 0 Å². The highest BCUT2D eigenvalue weighted by Gasteiger charge is 2.16. The SMILES string of the molecule is O=C1CN(c2ccccc2)N=N1. The number of rotatable bonds is 1. The highest BCUT2D eigenvalue weighted by molar-refractivity contribution is 5.83. The number of carbonyl (C=O) groups excluding carboxylic acids is 1. The Hall–Kier alpha value is -1.71. The van der Waals surface area contributed by atoms with Crippen molar-refractivity contribution in [1.29, 1.82) is 0 Å². The first-order valence-electron chi connectivity index (χ1n) is 3.63. The summed E-state index contributed by atoms with van der Waals surface area (Å²) in [7, 11) is 0. The van der Waals surface area contributed by atoms with Crippen LogP contribution in [0.1, 0.15) is 0 Å². The fraction of sp³-hybridized carbons (Fsp3) is 0.125. The first-order valence-corrected chi connectivity index (χ1v) is 3.63. The van der Waals surface area contributed by atoms with E-state index >= 15 is 0 Å². The Morgan fingerprint density at radius 3 is 2.58 bits per heavy atom. The summed E-state index contributed by atoms with van der Waals surface area (Å²) in [5, 5.41) is 8.67. The van der Waals surface area contributed by atoms with Crippen molar-refractivity contribution in [2.75, 3.05) is 11.6 Å². The molecule has 0 atom stereocenters. The minimum atomic E-state index is -0.196. The fourth-order valence-corrected chi connectivity index (χ4v) is 1.04. The molecule has 0 fully saturated rings. The molecule has 0 aromatic heterocycles. The van der Waals surface area contributed by atoms with Crippen molar-refractivity contribution in [2.45, 2.75) is 0 Å². The summed E-state index contributed by atoms with van der Waals surface area (Å²) in [5.74, 6) is -0.196. The molecular weight excluding hydrogens is 154 g/mol. The Labute approximate surface area is 69.5 Å². The van der Waals surface area contributed by atoms with Crippen molar-refractivity contribution in [2.24, 2.45) is 10.3 Å². The molecule has 4 nitrogen and oxygen atoms in total. The molecule has 1 amide bonds. The van der Waals surface area contributed by atoms with Crippen LogP contribution in [0, 0.1) is 0 Å². The fourth-order valence-electron chi connectivity index (χ4n) is 1.04. The Morgan fingerprint density at radius 1 is 1.25 bits per heavy atom. The Morgan fingerprint density at radius 2 is 2.00 bits per heavy atom. The number of benzene rings is 1. The van der Waals surface area contributed by atoms with Crippen LogP contribution in [0.2, 0.25) is 0 Å². The largest absolute Gasteiger partial charge is 0.287 e. The lowest BCUT2D eigenvalue weighted by Gasteiger charge is -2.08. The molecule has 1 aromatic rings. The molecule has 0 spiro atoms. The van der Waals surface area contributed by atoms with Crippen LogP contribution in [-0.4, -0.2) is 12.5 Å². The number of carbonyl (C=O) groups is 1. The molecule has 1 aliphatic heterocycles. The number of hydrogen-bond acceptors (Lipinski definition) is 3. The van der Waals surface area contributed by atoms with Gasteiger partial charge in [-0.15, -0.1) is 0 Å². The van der Waals surface area contributed by atoms with Crippen molar-refractivity contribution in [1.82, 2.24) is 0 Å². The van der Waals surface area contributed by atoms with Gasteiger partial charge in [0.15, 0.2) is 0 Å². The zero-order valence-corrected chi connectivity index (χ0v) is 6.34. The summed E-state index contributed by atoms with van der Waals surface area (Å²) in [6.07, 6.45) is 0. The van der Waals surface area contributed by atoms with Gasteiger partial charge in [-0.2, -0.15) is 0 Å². The molecule has 0 unspecified atom stereocenters. The van der Waals surface area contributed by atoms with E-state index in [2.05, 4.69) is 10.3 Å². The molecule has 0 aliphatic carbocycles. The predicted octanol–water partition coefficient (Wildman–Crippen LogP) is 1.40. The first-order chi connectivity index (χ1) is 5.86. The quantitative estimate of drug-likeness (QED) is 0.624. The van der Waals surface area contributed by atoms with Gasteiger partial charge in [-0.1, -0.05) is 28.5 Å². The van der Waals surface area contributed by atoms with Gasteiger partial charge in [-0.25, -0.2) is 5.01 Å². The molecule has 2 rings (SSSR count). The van der Waals surface area contributed by atoms with Gasteiger partial charge in [-0.3, -0.25) is 4.79 Å². The van der Waals surface area contributed by atoms with E-state index in [4.69, 9.17) is 0 Å². The summed E-state index contributed by atoms with van der Waals surface area (Å²) >= 11 is 0. The second-order valence-corrected chi connectivity index (χ2v) is 2.48. The summed E-state index contributed by atoms with van der Waals surface area (Å²) in [5.41, 5.74) is 0.895. The molecule has 0 radical (unpaired) electrons. The van der Waals surface area contributed by atoms with Crippen LogP contribution in [0.3, 0.4) is 0 Å². The number of nitrogens with zero attached hydrogens (tertiary/aromatic N) is 3. The second kappa shape index (κ2) is 2.73. The van der Waals surface area contributed by atoms with Crippen LogP contribution in [-0.2, 0) is 4.79 Å². The minimum absolute atomic E-state index is 0.196. The average molecular weight is 161 g/mol. The van der Waals surface area contributed by atoms with Gasteiger partial charge in [0.2, 0.25) is 0 Å². The molecule has 0 N–H and O–H groups in total. The smallest absolute Gasteiger partial charge is 0.269 e. The third-order valence-electron chi connectivity index (χ3n) is 1.60. The van der Waals surface area contributed by atoms with Gasteiger partial charge in [0, 0.05) is 0 Å². The molecular formula is C8H7N3O. The maximum atomic E-state index is 10.7. The van der Waals surface area contributed by atoms with Crippen molar-refractivity contribution >= 4 is 11.6 Å². The van der Waals surface area contributed by atoms with Crippen molar-refractivity contribution < 1.29 is 4.79 Å². The van der Waals surface area contributed by atoms with Crippen molar-refractivity contribution in [3.8, 4) is 0 Å². The van der Waals surface area contributed by atoms with E-state index in [0.29, 0.717) is 0 Å². The molecule has 0 saturated heterocycles. The molecule has 0 bridgehead atoms. The second-order valence-electron chi connectivity index (χ2n) is 2.48. The maximum Gasteiger partial charge on any atom is 0.287 e. The Bertz CT molecular complexity index is 320. The summed E-state index contributed by atoms with van der Waals surface area (Å²) in [4.78, 5) is 10.7. The number of amides is 1. The van der Waals surface area contributed by atoms with Crippen LogP contribution in [0.15, 0.2) is 40.7 Å². The Balaban J connectivity index is 2.23. The average Bonchev–Trinajstić information content (AvgIpc) is 2.54. The maximum absolute atomic E-state index is 10.7. The van der Waals surface area contributed by atoms with Crippen LogP contribution >= 0.6 is 0 Å². The molecule has 12 heavy (non-hydrogen) atoms. The normalized spacial score (nSPS) is 15.7. The molecule has 4 heteroatoms. The number of anilines is 1. The first kappa shape index (κ1) is 6.97. The van der Waals surface area contributed by atoms with Gasteiger partial charge in [0.25, 0.3) is 5.91 Å². The van der Waals surface area contributed by atoms with Gasteiger partial charge in [0.05, 0.1) is 5.69 Å². The van der Waals surface area contributed by atoms with Gasteiger partial charge in [-0.05, 0) is 12.1 Å². The van der Waals surface area contributed by atoms with Gasteiger partial charge >= 0.3 is 0 Å². The topological polar surface area (TPSA) is 45.0 Å². The summed E-state index contributed by atoms with van der Waals surface area (Å²) in [6, 6.07) is 9.48. The van der Waals surface area contributed by atoms with E-state index in [9.17, 15) is 4.79 Å². The monoisotopic (exact) mass is 161 g/mol. The lowest BCUT2D eigenvalue weighted by molar-refractivity contribution is -0.116. The number of hydrogen-bond donors (Lipinski definition) is 0. The van der Waals surface area contributed by atoms with E-state index in [0.717, 1.165) is 5.69 Å². The van der Waals surface area contributed by atoms with E-state index in [1.807, 2.05) is 30.3 Å². The summed E-state index contributed by atoms with van der Waals surface area (Å²) in [6.45, 7) is 0.254. The minimum Gasteiger partial charge on any atom is -0.269 e. The van der Waals surface area contributed by atoms with Gasteiger partial charge < -0.3 is 0 Å². The van der Waals surface area contributed by atoms with Crippen LogP contribution < -0.4 is 5.01 Å². The van der Waals surface area contributed by atoms with E-state index < -0.39 is 0 Å². The number of para-hydroxylation sites is 1. The highest BCUT2D eigenvalue weighted by atomic mass is 16.2. The molecule has 1 heterocycles. The lowest BCUT2D eigenvalue weighted by Crippen LogP contribution is -2.16. The zero-order valence-electron chi connectivity index (χ0n) is 6.34. The third kappa shape index (κ3) is 1.18. The molecule has 1 aromatic carbocycles. The van der Waals surface area contributed by atoms with E-state index in [1.54, 1.807) is 5.01 Å². The Kier molecular flexibility index (Phi) is 1.59. The summed E-state index contributed by atoms with van der Waals surface area (Å²) < 4.78 is 0. The molecule has 60 valence electrons. The van der Waals surface area contributed by atoms with Crippen molar-refractivity contribution in [3.05, 3.63) is 30.3 Å². The van der Waals surface area contributed by atoms with Gasteiger partial charge in [0.1, 0.15) is 6.54 Å². The standard InChI is InChI=1S/C8H7N3O/c12-8-6-11(10-9-8)7-4-2-1-3-5-7/h1-5H,6H2. The zero-order chi connectivity index (χ0) is 8.39. The van der Waals surface area contributed by atoms with Crippen LogP contribution in [0.4, 0.5) is 5.69 Å². The third-order valence-corrected chi connectivity index (χ3v) is 1.60. The molecule has 0 saturated carbocycles. The van der Waals surface area contributed by atoms with Crippen LogP contribution in [0.25, 0.3) is 0 Å². The van der Waals surface area contributed by atoms with E-state index in [-0.39, 0.29) is 12.5 Å². The molecule has 1 aliphatic rings.